The topological polar surface area (TPSA) is 42.1 Å². The van der Waals surface area contributed by atoms with Crippen LogP contribution in [0.15, 0.2) is 36.7 Å². The van der Waals surface area contributed by atoms with Gasteiger partial charge in [0.2, 0.25) is 0 Å². The van der Waals surface area contributed by atoms with Crippen molar-refractivity contribution in [1.29, 1.82) is 0 Å². The number of nitrogens with zero attached hydrogens (tertiary/aromatic N) is 2. The molecular weight excluding hydrogens is 278 g/mol. The lowest BCUT2D eigenvalue weighted by Gasteiger charge is -2.41. The van der Waals surface area contributed by atoms with Crippen molar-refractivity contribution in [2.45, 2.75) is 24.6 Å². The van der Waals surface area contributed by atoms with Crippen molar-refractivity contribution >= 4 is 22.5 Å². The van der Waals surface area contributed by atoms with E-state index in [1.165, 1.54) is 22.1 Å². The van der Waals surface area contributed by atoms with E-state index in [4.69, 9.17) is 5.73 Å². The van der Waals surface area contributed by atoms with E-state index >= 15 is 0 Å². The van der Waals surface area contributed by atoms with Gasteiger partial charge >= 0.3 is 0 Å². The maximum absolute atomic E-state index is 6.14. The number of nitrogens with two attached hydrogens (primary N) is 1. The van der Waals surface area contributed by atoms with Gasteiger partial charge in [0.25, 0.3) is 0 Å². The van der Waals surface area contributed by atoms with Gasteiger partial charge in [-0.25, -0.2) is 0 Å². The van der Waals surface area contributed by atoms with Crippen LogP contribution >= 0.6 is 11.8 Å². The molecule has 2 N–H and O–H groups in total. The van der Waals surface area contributed by atoms with E-state index in [2.05, 4.69) is 59.8 Å². The van der Waals surface area contributed by atoms with E-state index < -0.39 is 0 Å². The number of benzene rings is 1. The highest BCUT2D eigenvalue weighted by molar-refractivity contribution is 8.00. The molecule has 1 aromatic heterocycles. The maximum atomic E-state index is 6.14. The van der Waals surface area contributed by atoms with Gasteiger partial charge in [0.15, 0.2) is 0 Å². The Hall–Kier alpha value is -1.10. The largest absolute Gasteiger partial charge is 0.329 e. The molecular formula is C17H23N3S. The lowest BCUT2D eigenvalue weighted by Crippen LogP contribution is -2.46. The summed E-state index contributed by atoms with van der Waals surface area (Å²) in [6.45, 7) is 7.44. The molecule has 1 aromatic carbocycles. The Kier molecular flexibility index (Phi) is 4.20. The minimum Gasteiger partial charge on any atom is -0.329 e. The van der Waals surface area contributed by atoms with Crippen LogP contribution in [-0.2, 0) is 0 Å². The summed E-state index contributed by atoms with van der Waals surface area (Å²) in [5, 5.41) is 2.47. The Morgan fingerprint density at radius 2 is 2.14 bits per heavy atom. The third-order valence-electron chi connectivity index (χ3n) is 4.18. The molecule has 2 heterocycles. The zero-order valence-corrected chi connectivity index (χ0v) is 13.6. The number of pyridine rings is 1. The Balaban J connectivity index is 1.98. The van der Waals surface area contributed by atoms with Crippen LogP contribution in [0.4, 0.5) is 0 Å². The number of fused-ring (bicyclic) bond motifs is 1. The van der Waals surface area contributed by atoms with E-state index in [1.807, 2.05) is 12.4 Å². The molecule has 2 aromatic rings. The summed E-state index contributed by atoms with van der Waals surface area (Å²) in [7, 11) is 0. The van der Waals surface area contributed by atoms with Crippen molar-refractivity contribution in [2.24, 2.45) is 5.73 Å². The van der Waals surface area contributed by atoms with Crippen molar-refractivity contribution < 1.29 is 0 Å². The molecule has 1 atom stereocenters. The number of aromatic nitrogens is 1. The summed E-state index contributed by atoms with van der Waals surface area (Å²) in [6, 6.07) is 8.71. The van der Waals surface area contributed by atoms with Gasteiger partial charge < -0.3 is 5.73 Å². The van der Waals surface area contributed by atoms with Gasteiger partial charge in [-0.1, -0.05) is 24.3 Å². The third-order valence-corrected chi connectivity index (χ3v) is 5.47. The first kappa shape index (κ1) is 14.8. The Labute approximate surface area is 130 Å². The standard InChI is InChI=1S/C17H23N3S/c1-17(2)12-20(7-8-21-17)16(9-18)15-11-19-10-13-5-3-4-6-14(13)15/h3-6,10-11,16H,7-9,12,18H2,1-2H3. The Morgan fingerprint density at radius 1 is 1.33 bits per heavy atom. The van der Waals surface area contributed by atoms with Gasteiger partial charge in [-0.2, -0.15) is 11.8 Å². The third kappa shape index (κ3) is 3.07. The molecule has 112 valence electrons. The number of rotatable bonds is 3. The molecule has 1 saturated heterocycles. The first-order valence-corrected chi connectivity index (χ1v) is 8.50. The SMILES string of the molecule is CC1(C)CN(C(CN)c2cncc3ccccc23)CCS1. The van der Waals surface area contributed by atoms with Gasteiger partial charge in [-0.15, -0.1) is 0 Å². The van der Waals surface area contributed by atoms with E-state index in [1.54, 1.807) is 0 Å². The van der Waals surface area contributed by atoms with E-state index in [0.717, 1.165) is 13.1 Å². The molecule has 0 bridgehead atoms. The summed E-state index contributed by atoms with van der Waals surface area (Å²) in [5.74, 6) is 1.17. The van der Waals surface area contributed by atoms with E-state index in [9.17, 15) is 0 Å². The van der Waals surface area contributed by atoms with Crippen molar-refractivity contribution in [1.82, 2.24) is 9.88 Å². The molecule has 1 aliphatic heterocycles. The summed E-state index contributed by atoms with van der Waals surface area (Å²) in [6.07, 6.45) is 3.93. The van der Waals surface area contributed by atoms with Crippen LogP contribution in [0, 0.1) is 0 Å². The van der Waals surface area contributed by atoms with Crippen molar-refractivity contribution in [3.05, 3.63) is 42.2 Å². The summed E-state index contributed by atoms with van der Waals surface area (Å²) in [4.78, 5) is 6.95. The molecule has 0 aliphatic carbocycles. The van der Waals surface area contributed by atoms with Crippen LogP contribution in [0.25, 0.3) is 10.8 Å². The highest BCUT2D eigenvalue weighted by atomic mass is 32.2. The summed E-state index contributed by atoms with van der Waals surface area (Å²) < 4.78 is 0.295. The van der Waals surface area contributed by atoms with Crippen LogP contribution in [0.2, 0.25) is 0 Å². The lowest BCUT2D eigenvalue weighted by atomic mass is 9.99. The zero-order valence-electron chi connectivity index (χ0n) is 12.7. The van der Waals surface area contributed by atoms with Gasteiger partial charge in [0.1, 0.15) is 0 Å². The highest BCUT2D eigenvalue weighted by Gasteiger charge is 2.31. The summed E-state index contributed by atoms with van der Waals surface area (Å²) >= 11 is 2.05. The van der Waals surface area contributed by atoms with Crippen LogP contribution in [-0.4, -0.2) is 40.0 Å². The van der Waals surface area contributed by atoms with Gasteiger partial charge in [0, 0.05) is 54.0 Å². The second kappa shape index (κ2) is 5.95. The fourth-order valence-corrected chi connectivity index (χ4v) is 4.33. The monoisotopic (exact) mass is 301 g/mol. The average molecular weight is 301 g/mol. The van der Waals surface area contributed by atoms with Gasteiger partial charge in [-0.3, -0.25) is 9.88 Å². The fourth-order valence-electron chi connectivity index (χ4n) is 3.20. The van der Waals surface area contributed by atoms with Crippen molar-refractivity contribution in [3.8, 4) is 0 Å². The maximum Gasteiger partial charge on any atom is 0.0492 e. The fraction of sp³-hybridized carbons (Fsp3) is 0.471. The van der Waals surface area contributed by atoms with Crippen LogP contribution in [0.3, 0.4) is 0 Å². The summed E-state index contributed by atoms with van der Waals surface area (Å²) in [5.41, 5.74) is 7.40. The number of thioether (sulfide) groups is 1. The predicted octanol–water partition coefficient (Wildman–Crippen LogP) is 3.06. The van der Waals surface area contributed by atoms with Crippen LogP contribution < -0.4 is 5.73 Å². The molecule has 1 unspecified atom stereocenters. The predicted molar refractivity (Wildman–Crippen MR) is 91.6 cm³/mol. The van der Waals surface area contributed by atoms with Crippen LogP contribution in [0.5, 0.6) is 0 Å². The highest BCUT2D eigenvalue weighted by Crippen LogP contribution is 2.35. The normalized spacial score (nSPS) is 20.5. The molecule has 0 saturated carbocycles. The molecule has 1 aliphatic rings. The molecule has 3 nitrogen and oxygen atoms in total. The van der Waals surface area contributed by atoms with E-state index in [0.29, 0.717) is 11.3 Å². The molecule has 0 radical (unpaired) electrons. The van der Waals surface area contributed by atoms with Crippen molar-refractivity contribution in [2.75, 3.05) is 25.4 Å². The minimum atomic E-state index is 0.253. The quantitative estimate of drug-likeness (QED) is 0.946. The first-order valence-electron chi connectivity index (χ1n) is 7.51. The molecule has 0 amide bonds. The number of hydrogen-bond donors (Lipinski definition) is 1. The van der Waals surface area contributed by atoms with E-state index in [-0.39, 0.29) is 6.04 Å². The minimum absolute atomic E-state index is 0.253. The molecule has 21 heavy (non-hydrogen) atoms. The van der Waals surface area contributed by atoms with Crippen LogP contribution in [0.1, 0.15) is 25.5 Å². The average Bonchev–Trinajstić information content (AvgIpc) is 2.47. The van der Waals surface area contributed by atoms with Crippen molar-refractivity contribution in [3.63, 3.8) is 0 Å². The Bertz CT molecular complexity index is 621. The molecule has 4 heteroatoms. The van der Waals surface area contributed by atoms with Gasteiger partial charge in [0.05, 0.1) is 0 Å². The Morgan fingerprint density at radius 3 is 2.90 bits per heavy atom. The lowest BCUT2D eigenvalue weighted by molar-refractivity contribution is 0.193. The zero-order chi connectivity index (χ0) is 14.9. The smallest absolute Gasteiger partial charge is 0.0492 e. The molecule has 3 rings (SSSR count). The first-order chi connectivity index (χ1) is 10.1. The molecule has 1 fully saturated rings. The second-order valence-corrected chi connectivity index (χ2v) is 8.08. The van der Waals surface area contributed by atoms with Gasteiger partial charge in [-0.05, 0) is 24.8 Å². The molecule has 0 spiro atoms. The number of hydrogen-bond acceptors (Lipinski definition) is 4. The second-order valence-electron chi connectivity index (χ2n) is 6.28.